The maximum atomic E-state index is 13.1. The van der Waals surface area contributed by atoms with Crippen LogP contribution in [0.2, 0.25) is 0 Å². The van der Waals surface area contributed by atoms with Crippen LogP contribution in [0.25, 0.3) is 0 Å². The number of nitrogens with one attached hydrogen (secondary N) is 1. The second-order valence-electron chi connectivity index (χ2n) is 3.96. The quantitative estimate of drug-likeness (QED) is 0.890. The SMILES string of the molecule is O=C(O)C(Nc1ccc(F)c(F)c1)c1ccccc1. The summed E-state index contributed by atoms with van der Waals surface area (Å²) in [6.45, 7) is 0. The van der Waals surface area contributed by atoms with E-state index in [0.29, 0.717) is 5.56 Å². The number of hydrogen-bond acceptors (Lipinski definition) is 2. The van der Waals surface area contributed by atoms with Crippen LogP contribution < -0.4 is 5.32 Å². The predicted octanol–water partition coefficient (Wildman–Crippen LogP) is 3.20. The molecule has 2 aromatic carbocycles. The van der Waals surface area contributed by atoms with E-state index in [1.165, 1.54) is 6.07 Å². The largest absolute Gasteiger partial charge is 0.479 e. The maximum Gasteiger partial charge on any atom is 0.330 e. The van der Waals surface area contributed by atoms with E-state index in [2.05, 4.69) is 5.32 Å². The Morgan fingerprint density at radius 3 is 2.32 bits per heavy atom. The van der Waals surface area contributed by atoms with Crippen LogP contribution in [0.1, 0.15) is 11.6 Å². The number of carboxylic acids is 1. The Kier molecular flexibility index (Phi) is 3.75. The number of hydrogen-bond donors (Lipinski definition) is 2. The fraction of sp³-hybridized carbons (Fsp3) is 0.0714. The number of rotatable bonds is 4. The van der Waals surface area contributed by atoms with Crippen molar-refractivity contribution in [3.8, 4) is 0 Å². The Hall–Kier alpha value is -2.43. The Labute approximate surface area is 108 Å². The molecule has 5 heteroatoms. The fourth-order valence-corrected chi connectivity index (χ4v) is 1.69. The van der Waals surface area contributed by atoms with Crippen molar-refractivity contribution in [2.24, 2.45) is 0 Å². The zero-order valence-corrected chi connectivity index (χ0v) is 9.81. The molecule has 3 nitrogen and oxygen atoms in total. The summed E-state index contributed by atoms with van der Waals surface area (Å²) in [5.74, 6) is -3.10. The average molecular weight is 263 g/mol. The minimum Gasteiger partial charge on any atom is -0.479 e. The summed E-state index contributed by atoms with van der Waals surface area (Å²) in [7, 11) is 0. The van der Waals surface area contributed by atoms with Crippen molar-refractivity contribution >= 4 is 11.7 Å². The molecule has 0 aliphatic heterocycles. The molecule has 0 spiro atoms. The van der Waals surface area contributed by atoms with Gasteiger partial charge in [0.25, 0.3) is 0 Å². The van der Waals surface area contributed by atoms with Crippen LogP contribution in [0.5, 0.6) is 0 Å². The molecule has 98 valence electrons. The number of halogens is 2. The predicted molar refractivity (Wildman–Crippen MR) is 66.8 cm³/mol. The van der Waals surface area contributed by atoms with E-state index in [1.54, 1.807) is 30.3 Å². The first-order chi connectivity index (χ1) is 9.08. The number of anilines is 1. The molecular formula is C14H11F2NO2. The van der Waals surface area contributed by atoms with Crippen molar-refractivity contribution in [3.05, 3.63) is 65.7 Å². The molecular weight excluding hydrogens is 252 g/mol. The molecule has 2 N–H and O–H groups in total. The van der Waals surface area contributed by atoms with Gasteiger partial charge in [-0.1, -0.05) is 30.3 Å². The Bertz CT molecular complexity index is 587. The highest BCUT2D eigenvalue weighted by Gasteiger charge is 2.19. The van der Waals surface area contributed by atoms with Crippen molar-refractivity contribution < 1.29 is 18.7 Å². The molecule has 0 aromatic heterocycles. The molecule has 0 fully saturated rings. The molecule has 0 heterocycles. The van der Waals surface area contributed by atoms with Gasteiger partial charge in [-0.3, -0.25) is 0 Å². The van der Waals surface area contributed by atoms with Gasteiger partial charge in [-0.2, -0.15) is 0 Å². The minimum atomic E-state index is -1.10. The third-order valence-electron chi connectivity index (χ3n) is 2.61. The molecule has 0 aliphatic carbocycles. The number of carboxylic acid groups (broad SMARTS) is 1. The molecule has 0 saturated heterocycles. The standard InChI is InChI=1S/C14H11F2NO2/c15-11-7-6-10(8-12(11)16)17-13(14(18)19)9-4-2-1-3-5-9/h1-8,13,17H,(H,18,19). The molecule has 1 unspecified atom stereocenters. The lowest BCUT2D eigenvalue weighted by Crippen LogP contribution is -2.20. The first-order valence-electron chi connectivity index (χ1n) is 5.57. The highest BCUT2D eigenvalue weighted by atomic mass is 19.2. The van der Waals surface area contributed by atoms with Crippen LogP contribution in [0, 0.1) is 11.6 Å². The van der Waals surface area contributed by atoms with E-state index in [4.69, 9.17) is 0 Å². The van der Waals surface area contributed by atoms with Crippen molar-refractivity contribution in [1.29, 1.82) is 0 Å². The third kappa shape index (κ3) is 3.07. The first kappa shape index (κ1) is 13.0. The van der Waals surface area contributed by atoms with Gasteiger partial charge >= 0.3 is 5.97 Å². The van der Waals surface area contributed by atoms with E-state index < -0.39 is 23.6 Å². The van der Waals surface area contributed by atoms with E-state index in [0.717, 1.165) is 12.1 Å². The van der Waals surface area contributed by atoms with Crippen molar-refractivity contribution in [2.45, 2.75) is 6.04 Å². The normalized spacial score (nSPS) is 11.9. The summed E-state index contributed by atoms with van der Waals surface area (Å²) in [5, 5.41) is 11.8. The van der Waals surface area contributed by atoms with Gasteiger partial charge in [-0.05, 0) is 17.7 Å². The van der Waals surface area contributed by atoms with Gasteiger partial charge < -0.3 is 10.4 Å². The van der Waals surface area contributed by atoms with Crippen LogP contribution in [0.15, 0.2) is 48.5 Å². The van der Waals surface area contributed by atoms with Gasteiger partial charge in [0.2, 0.25) is 0 Å². The Morgan fingerprint density at radius 2 is 1.74 bits per heavy atom. The summed E-state index contributed by atoms with van der Waals surface area (Å²) in [5.41, 5.74) is 0.731. The summed E-state index contributed by atoms with van der Waals surface area (Å²) in [4.78, 5) is 11.2. The number of benzene rings is 2. The topological polar surface area (TPSA) is 49.3 Å². The van der Waals surface area contributed by atoms with E-state index in [1.807, 2.05) is 0 Å². The fourth-order valence-electron chi connectivity index (χ4n) is 1.69. The first-order valence-corrected chi connectivity index (χ1v) is 5.57. The highest BCUT2D eigenvalue weighted by Crippen LogP contribution is 2.21. The highest BCUT2D eigenvalue weighted by molar-refractivity contribution is 5.79. The van der Waals surface area contributed by atoms with E-state index in [9.17, 15) is 18.7 Å². The molecule has 0 bridgehead atoms. The summed E-state index contributed by atoms with van der Waals surface area (Å²) >= 11 is 0. The van der Waals surface area contributed by atoms with Gasteiger partial charge in [0.05, 0.1) is 0 Å². The number of aliphatic carboxylic acids is 1. The lowest BCUT2D eigenvalue weighted by molar-refractivity contribution is -0.138. The van der Waals surface area contributed by atoms with Crippen LogP contribution in [-0.2, 0) is 4.79 Å². The smallest absolute Gasteiger partial charge is 0.330 e. The second-order valence-corrected chi connectivity index (χ2v) is 3.96. The van der Waals surface area contributed by atoms with Gasteiger partial charge in [0.1, 0.15) is 0 Å². The zero-order valence-electron chi connectivity index (χ0n) is 9.81. The maximum absolute atomic E-state index is 13.1. The van der Waals surface area contributed by atoms with Gasteiger partial charge in [-0.15, -0.1) is 0 Å². The van der Waals surface area contributed by atoms with Crippen LogP contribution >= 0.6 is 0 Å². The van der Waals surface area contributed by atoms with Crippen molar-refractivity contribution in [3.63, 3.8) is 0 Å². The molecule has 0 aliphatic rings. The van der Waals surface area contributed by atoms with Gasteiger partial charge in [0, 0.05) is 11.8 Å². The van der Waals surface area contributed by atoms with Crippen LogP contribution in [0.4, 0.5) is 14.5 Å². The van der Waals surface area contributed by atoms with Crippen molar-refractivity contribution in [2.75, 3.05) is 5.32 Å². The third-order valence-corrected chi connectivity index (χ3v) is 2.61. The average Bonchev–Trinajstić information content (AvgIpc) is 2.40. The lowest BCUT2D eigenvalue weighted by atomic mass is 10.1. The summed E-state index contributed by atoms with van der Waals surface area (Å²) in [6, 6.07) is 10.6. The summed E-state index contributed by atoms with van der Waals surface area (Å²) in [6.07, 6.45) is 0. The molecule has 0 radical (unpaired) electrons. The van der Waals surface area contributed by atoms with E-state index in [-0.39, 0.29) is 5.69 Å². The van der Waals surface area contributed by atoms with Crippen LogP contribution in [0.3, 0.4) is 0 Å². The minimum absolute atomic E-state index is 0.204. The molecule has 2 aromatic rings. The second kappa shape index (κ2) is 5.48. The number of carbonyl (C=O) groups is 1. The molecule has 1 atom stereocenters. The Morgan fingerprint density at radius 1 is 1.05 bits per heavy atom. The van der Waals surface area contributed by atoms with Crippen LogP contribution in [-0.4, -0.2) is 11.1 Å². The molecule has 0 amide bonds. The van der Waals surface area contributed by atoms with Gasteiger partial charge in [-0.25, -0.2) is 13.6 Å². The van der Waals surface area contributed by atoms with Crippen molar-refractivity contribution in [1.82, 2.24) is 0 Å². The van der Waals surface area contributed by atoms with Gasteiger partial charge in [0.15, 0.2) is 17.7 Å². The van der Waals surface area contributed by atoms with E-state index >= 15 is 0 Å². The lowest BCUT2D eigenvalue weighted by Gasteiger charge is -2.16. The molecule has 2 rings (SSSR count). The Balaban J connectivity index is 2.27. The summed E-state index contributed by atoms with van der Waals surface area (Å²) < 4.78 is 25.9. The zero-order chi connectivity index (χ0) is 13.8. The molecule has 19 heavy (non-hydrogen) atoms. The molecule has 0 saturated carbocycles. The monoisotopic (exact) mass is 263 g/mol.